The Kier molecular flexibility index (Phi) is 29.0. The molecule has 0 saturated heterocycles. The first kappa shape index (κ1) is 37.3. The third-order valence-electron chi connectivity index (χ3n) is 5.97. The average molecular weight is 531 g/mol. The van der Waals surface area contributed by atoms with E-state index < -0.39 is 18.5 Å². The molecular formula is C29H58N2O6. The smallest absolute Gasteiger partial charge is 0.407 e. The summed E-state index contributed by atoms with van der Waals surface area (Å²) in [6, 6.07) is 0. The van der Waals surface area contributed by atoms with Gasteiger partial charge in [0.05, 0.1) is 0 Å². The first-order valence-corrected chi connectivity index (χ1v) is 14.9. The maximum absolute atomic E-state index is 11.6. The Labute approximate surface area is 226 Å². The van der Waals surface area contributed by atoms with E-state index >= 15 is 0 Å². The van der Waals surface area contributed by atoms with Gasteiger partial charge in [-0.25, -0.2) is 4.79 Å². The van der Waals surface area contributed by atoms with E-state index in [0.29, 0.717) is 19.3 Å². The van der Waals surface area contributed by atoms with Crippen LogP contribution in [-0.4, -0.2) is 35.6 Å². The van der Waals surface area contributed by atoms with Gasteiger partial charge in [-0.2, -0.15) is 0 Å². The number of esters is 2. The summed E-state index contributed by atoms with van der Waals surface area (Å²) in [5, 5.41) is 10.9. The van der Waals surface area contributed by atoms with Gasteiger partial charge in [0.15, 0.2) is 12.5 Å². The highest BCUT2D eigenvalue weighted by Crippen LogP contribution is 2.10. The fourth-order valence-electron chi connectivity index (χ4n) is 3.70. The number of hydrogen-bond donors (Lipinski definition) is 3. The van der Waals surface area contributed by atoms with Crippen LogP contribution in [0.3, 0.4) is 0 Å². The molecule has 0 aliphatic carbocycles. The van der Waals surface area contributed by atoms with Gasteiger partial charge in [-0.1, -0.05) is 105 Å². The van der Waals surface area contributed by atoms with Crippen LogP contribution in [0.1, 0.15) is 156 Å². The summed E-state index contributed by atoms with van der Waals surface area (Å²) in [5.41, 5.74) is 5.69. The molecule has 37 heavy (non-hydrogen) atoms. The predicted molar refractivity (Wildman–Crippen MR) is 150 cm³/mol. The molecule has 0 heterocycles. The third kappa shape index (κ3) is 30.3. The fraction of sp³-hybridized carbons (Fsp3) is 0.897. The van der Waals surface area contributed by atoms with Crippen molar-refractivity contribution in [3.63, 3.8) is 0 Å². The molecule has 2 unspecified atom stereocenters. The van der Waals surface area contributed by atoms with Crippen LogP contribution < -0.4 is 11.1 Å². The molecule has 0 aromatic rings. The quantitative estimate of drug-likeness (QED) is 0.0697. The molecule has 220 valence electrons. The van der Waals surface area contributed by atoms with E-state index in [2.05, 4.69) is 26.1 Å². The standard InChI is InChI=1S/C15H29NO4.C14H29NO2/c1-3-5-7-8-9-10-12-14(17)20-13(11-6-4-2)16-15(18)19;1-3-5-7-8-9-10-12-14(16)17-13(15)11-6-4-2/h13,16H,3-12H2,1-2H3,(H,18,19);13H,3-12,15H2,1-2H3. The molecule has 1 amide bonds. The Balaban J connectivity index is 0. The molecule has 0 aromatic carbocycles. The molecule has 4 N–H and O–H groups in total. The van der Waals surface area contributed by atoms with Crippen LogP contribution in [-0.2, 0) is 19.1 Å². The summed E-state index contributed by atoms with van der Waals surface area (Å²) in [5.74, 6) is -0.445. The second-order valence-electron chi connectivity index (χ2n) is 9.78. The van der Waals surface area contributed by atoms with E-state index in [1.54, 1.807) is 0 Å². The van der Waals surface area contributed by atoms with Crippen molar-refractivity contribution in [1.82, 2.24) is 5.32 Å². The van der Waals surface area contributed by atoms with Crippen molar-refractivity contribution in [2.24, 2.45) is 5.73 Å². The second-order valence-corrected chi connectivity index (χ2v) is 9.78. The highest BCUT2D eigenvalue weighted by atomic mass is 16.6. The summed E-state index contributed by atoms with van der Waals surface area (Å²) in [6.07, 6.45) is 17.6. The summed E-state index contributed by atoms with van der Waals surface area (Å²) in [6.45, 7) is 8.49. The van der Waals surface area contributed by atoms with Gasteiger partial charge in [0.1, 0.15) is 0 Å². The number of nitrogens with one attached hydrogen (secondary N) is 1. The number of carbonyl (C=O) groups excluding carboxylic acids is 2. The van der Waals surface area contributed by atoms with Crippen molar-refractivity contribution >= 4 is 18.0 Å². The molecule has 0 saturated carbocycles. The summed E-state index contributed by atoms with van der Waals surface area (Å²) < 4.78 is 10.3. The molecule has 0 aliphatic rings. The number of hydrogen-bond acceptors (Lipinski definition) is 6. The third-order valence-corrected chi connectivity index (χ3v) is 5.97. The number of rotatable bonds is 23. The highest BCUT2D eigenvalue weighted by Gasteiger charge is 2.15. The number of ether oxygens (including phenoxy) is 2. The van der Waals surface area contributed by atoms with E-state index in [1.165, 1.54) is 44.9 Å². The number of amides is 1. The Bertz CT molecular complexity index is 544. The lowest BCUT2D eigenvalue weighted by molar-refractivity contribution is -0.151. The van der Waals surface area contributed by atoms with E-state index in [9.17, 15) is 14.4 Å². The van der Waals surface area contributed by atoms with Gasteiger partial charge in [-0.3, -0.25) is 20.6 Å². The Morgan fingerprint density at radius 1 is 0.622 bits per heavy atom. The number of carbonyl (C=O) groups is 3. The lowest BCUT2D eigenvalue weighted by Crippen LogP contribution is -2.37. The summed E-state index contributed by atoms with van der Waals surface area (Å²) in [7, 11) is 0. The molecular weight excluding hydrogens is 472 g/mol. The van der Waals surface area contributed by atoms with Gasteiger partial charge >= 0.3 is 18.0 Å². The molecule has 0 fully saturated rings. The van der Waals surface area contributed by atoms with Crippen molar-refractivity contribution in [1.29, 1.82) is 0 Å². The molecule has 8 nitrogen and oxygen atoms in total. The summed E-state index contributed by atoms with van der Waals surface area (Å²) >= 11 is 0. The lowest BCUT2D eigenvalue weighted by atomic mass is 10.1. The van der Waals surface area contributed by atoms with Crippen molar-refractivity contribution in [3.05, 3.63) is 0 Å². The molecule has 2 atom stereocenters. The van der Waals surface area contributed by atoms with Crippen LogP contribution >= 0.6 is 0 Å². The van der Waals surface area contributed by atoms with Gasteiger partial charge in [-0.15, -0.1) is 0 Å². The van der Waals surface area contributed by atoms with Crippen molar-refractivity contribution in [3.8, 4) is 0 Å². The molecule has 0 aromatic heterocycles. The van der Waals surface area contributed by atoms with Gasteiger partial charge in [0.25, 0.3) is 0 Å². The molecule has 8 heteroatoms. The maximum Gasteiger partial charge on any atom is 0.407 e. The Hall–Kier alpha value is -1.83. The first-order valence-electron chi connectivity index (χ1n) is 14.9. The van der Waals surface area contributed by atoms with Crippen molar-refractivity contribution < 1.29 is 29.0 Å². The molecule has 0 radical (unpaired) electrons. The fourth-order valence-corrected chi connectivity index (χ4v) is 3.70. The van der Waals surface area contributed by atoms with Crippen LogP contribution in [0, 0.1) is 0 Å². The minimum absolute atomic E-state index is 0.135. The molecule has 0 rings (SSSR count). The van der Waals surface area contributed by atoms with Crippen LogP contribution in [0.25, 0.3) is 0 Å². The van der Waals surface area contributed by atoms with Crippen LogP contribution in [0.2, 0.25) is 0 Å². The zero-order valence-corrected chi connectivity index (χ0v) is 24.4. The van der Waals surface area contributed by atoms with E-state index in [1.807, 2.05) is 6.92 Å². The Morgan fingerprint density at radius 2 is 1.03 bits per heavy atom. The minimum atomic E-state index is -1.15. The first-order chi connectivity index (χ1) is 17.8. The van der Waals surface area contributed by atoms with Crippen LogP contribution in [0.4, 0.5) is 4.79 Å². The summed E-state index contributed by atoms with van der Waals surface area (Å²) in [4.78, 5) is 33.6. The molecule has 0 spiro atoms. The van der Waals surface area contributed by atoms with E-state index in [0.717, 1.165) is 64.2 Å². The van der Waals surface area contributed by atoms with Gasteiger partial charge in [0, 0.05) is 19.3 Å². The topological polar surface area (TPSA) is 128 Å². The van der Waals surface area contributed by atoms with Gasteiger partial charge in [0.2, 0.25) is 0 Å². The van der Waals surface area contributed by atoms with Crippen LogP contribution in [0.15, 0.2) is 0 Å². The number of unbranched alkanes of at least 4 members (excludes halogenated alkanes) is 12. The second kappa shape index (κ2) is 28.7. The van der Waals surface area contributed by atoms with Crippen molar-refractivity contribution in [2.75, 3.05) is 0 Å². The number of nitrogens with two attached hydrogens (primary N) is 1. The van der Waals surface area contributed by atoms with Gasteiger partial charge in [-0.05, 0) is 32.1 Å². The van der Waals surface area contributed by atoms with Crippen molar-refractivity contribution in [2.45, 2.75) is 169 Å². The molecule has 0 bridgehead atoms. The lowest BCUT2D eigenvalue weighted by Gasteiger charge is -2.17. The van der Waals surface area contributed by atoms with E-state index in [-0.39, 0.29) is 11.9 Å². The Morgan fingerprint density at radius 3 is 1.49 bits per heavy atom. The monoisotopic (exact) mass is 530 g/mol. The predicted octanol–water partition coefficient (Wildman–Crippen LogP) is 7.82. The highest BCUT2D eigenvalue weighted by molar-refractivity contribution is 5.70. The van der Waals surface area contributed by atoms with E-state index in [4.69, 9.17) is 20.3 Å². The zero-order valence-electron chi connectivity index (χ0n) is 24.4. The number of carboxylic acid groups (broad SMARTS) is 1. The average Bonchev–Trinajstić information content (AvgIpc) is 2.85. The largest absolute Gasteiger partial charge is 0.465 e. The maximum atomic E-state index is 11.6. The minimum Gasteiger partial charge on any atom is -0.465 e. The molecule has 0 aliphatic heterocycles. The normalized spacial score (nSPS) is 12.1. The van der Waals surface area contributed by atoms with Gasteiger partial charge < -0.3 is 14.6 Å². The van der Waals surface area contributed by atoms with Crippen LogP contribution in [0.5, 0.6) is 0 Å². The zero-order chi connectivity index (χ0) is 28.2. The SMILES string of the molecule is CCCCCCCCC(=O)OC(CCCC)NC(=O)O.CCCCCCCCC(=O)OC(N)CCCC.